The maximum atomic E-state index is 12.6. The van der Waals surface area contributed by atoms with Gasteiger partial charge in [-0.15, -0.1) is 0 Å². The molecule has 1 aliphatic heterocycles. The monoisotopic (exact) mass is 319 g/mol. The Balaban J connectivity index is 2.03. The van der Waals surface area contributed by atoms with Crippen molar-refractivity contribution >= 4 is 17.8 Å². The topological polar surface area (TPSA) is 78.4 Å². The molecule has 1 fully saturated rings. The number of hydrogen-bond acceptors (Lipinski definition) is 5. The minimum Gasteiger partial charge on any atom is -0.354 e. The van der Waals surface area contributed by atoms with Gasteiger partial charge in [0, 0.05) is 45.3 Å². The summed E-state index contributed by atoms with van der Waals surface area (Å²) in [6.45, 7) is 8.57. The van der Waals surface area contributed by atoms with Crippen LogP contribution in [0.1, 0.15) is 42.9 Å². The largest absolute Gasteiger partial charge is 0.354 e. The highest BCUT2D eigenvalue weighted by Gasteiger charge is 2.24. The van der Waals surface area contributed by atoms with E-state index in [4.69, 9.17) is 0 Å². The Morgan fingerprint density at radius 2 is 1.83 bits per heavy atom. The molecule has 2 rings (SSSR count). The van der Waals surface area contributed by atoms with Crippen LogP contribution in [0.4, 0.5) is 5.95 Å². The first-order valence-corrected chi connectivity index (χ1v) is 8.15. The van der Waals surface area contributed by atoms with Crippen molar-refractivity contribution in [1.29, 1.82) is 0 Å². The van der Waals surface area contributed by atoms with Gasteiger partial charge in [0.05, 0.1) is 0 Å². The molecule has 1 aromatic rings. The number of nitrogens with zero attached hydrogens (tertiary/aromatic N) is 4. The highest BCUT2D eigenvalue weighted by atomic mass is 16.2. The Kier molecular flexibility index (Phi) is 5.90. The molecule has 23 heavy (non-hydrogen) atoms. The lowest BCUT2D eigenvalue weighted by molar-refractivity contribution is -0.130. The fourth-order valence-corrected chi connectivity index (χ4v) is 2.52. The zero-order chi connectivity index (χ0) is 16.8. The lowest BCUT2D eigenvalue weighted by Gasteiger charge is -2.34. The average molecular weight is 319 g/mol. The molecule has 1 N–H and O–H groups in total. The number of rotatable bonds is 5. The van der Waals surface area contributed by atoms with Crippen LogP contribution in [0, 0.1) is 6.92 Å². The highest BCUT2D eigenvalue weighted by Crippen LogP contribution is 2.11. The van der Waals surface area contributed by atoms with E-state index in [9.17, 15) is 9.59 Å². The van der Waals surface area contributed by atoms with Gasteiger partial charge >= 0.3 is 0 Å². The molecule has 0 bridgehead atoms. The van der Waals surface area contributed by atoms with Crippen molar-refractivity contribution in [1.82, 2.24) is 19.8 Å². The fraction of sp³-hybridized carbons (Fsp3) is 0.625. The Labute approximate surface area is 137 Å². The van der Waals surface area contributed by atoms with Gasteiger partial charge in [0.25, 0.3) is 5.91 Å². The van der Waals surface area contributed by atoms with Gasteiger partial charge in [0.2, 0.25) is 11.9 Å². The van der Waals surface area contributed by atoms with Crippen molar-refractivity contribution in [2.75, 3.05) is 38.0 Å². The number of piperazine rings is 1. The van der Waals surface area contributed by atoms with E-state index in [1.807, 2.05) is 6.92 Å². The summed E-state index contributed by atoms with van der Waals surface area (Å²) < 4.78 is 0. The van der Waals surface area contributed by atoms with Gasteiger partial charge in [-0.25, -0.2) is 9.97 Å². The second kappa shape index (κ2) is 7.89. The molecule has 0 atom stereocenters. The highest BCUT2D eigenvalue weighted by molar-refractivity contribution is 5.92. The van der Waals surface area contributed by atoms with Crippen LogP contribution in [0.25, 0.3) is 0 Å². The Hall–Kier alpha value is -2.18. The average Bonchev–Trinajstić information content (AvgIpc) is 2.54. The predicted molar refractivity (Wildman–Crippen MR) is 88.3 cm³/mol. The van der Waals surface area contributed by atoms with Crippen LogP contribution in [0.2, 0.25) is 0 Å². The van der Waals surface area contributed by atoms with E-state index in [2.05, 4.69) is 22.2 Å². The van der Waals surface area contributed by atoms with Crippen molar-refractivity contribution in [3.8, 4) is 0 Å². The molecule has 7 nitrogen and oxygen atoms in total. The normalized spacial score (nSPS) is 14.7. The van der Waals surface area contributed by atoms with Crippen LogP contribution in [0.3, 0.4) is 0 Å². The zero-order valence-electron chi connectivity index (χ0n) is 14.1. The molecule has 1 aliphatic rings. The molecule has 0 aromatic carbocycles. The SMILES string of the molecule is CCCCNc1nc(C)cc(C(=O)N2CCN(C(C)=O)CC2)n1. The van der Waals surface area contributed by atoms with E-state index < -0.39 is 0 Å². The molecular formula is C16H25N5O2. The molecular weight excluding hydrogens is 294 g/mol. The standard InChI is InChI=1S/C16H25N5O2/c1-4-5-6-17-16-18-12(2)11-14(19-16)15(23)21-9-7-20(8-10-21)13(3)22/h11H,4-10H2,1-3H3,(H,17,18,19). The van der Waals surface area contributed by atoms with Gasteiger partial charge in [-0.2, -0.15) is 0 Å². The van der Waals surface area contributed by atoms with Crippen LogP contribution in [0.15, 0.2) is 6.07 Å². The van der Waals surface area contributed by atoms with E-state index in [0.717, 1.165) is 25.1 Å². The summed E-state index contributed by atoms with van der Waals surface area (Å²) in [5.41, 5.74) is 1.18. The van der Waals surface area contributed by atoms with Crippen LogP contribution in [-0.4, -0.2) is 64.3 Å². The number of anilines is 1. The van der Waals surface area contributed by atoms with E-state index in [0.29, 0.717) is 37.8 Å². The van der Waals surface area contributed by atoms with E-state index in [-0.39, 0.29) is 11.8 Å². The van der Waals surface area contributed by atoms with Crippen molar-refractivity contribution in [2.45, 2.75) is 33.6 Å². The van der Waals surface area contributed by atoms with Gasteiger partial charge in [-0.1, -0.05) is 13.3 Å². The predicted octanol–water partition coefficient (Wildman–Crippen LogP) is 1.30. The van der Waals surface area contributed by atoms with E-state index in [1.54, 1.807) is 22.8 Å². The second-order valence-electron chi connectivity index (χ2n) is 5.80. The molecule has 1 saturated heterocycles. The molecule has 7 heteroatoms. The Bertz CT molecular complexity index is 568. The number of carbonyl (C=O) groups is 2. The fourth-order valence-electron chi connectivity index (χ4n) is 2.52. The summed E-state index contributed by atoms with van der Waals surface area (Å²) in [4.78, 5) is 36.1. The van der Waals surface area contributed by atoms with Crippen molar-refractivity contribution < 1.29 is 9.59 Å². The number of aromatic nitrogens is 2. The smallest absolute Gasteiger partial charge is 0.272 e. The molecule has 126 valence electrons. The van der Waals surface area contributed by atoms with Gasteiger partial charge in [-0.05, 0) is 19.4 Å². The molecule has 0 aliphatic carbocycles. The maximum Gasteiger partial charge on any atom is 0.272 e. The van der Waals surface area contributed by atoms with Crippen LogP contribution >= 0.6 is 0 Å². The molecule has 1 aromatic heterocycles. The summed E-state index contributed by atoms with van der Waals surface area (Å²) in [6, 6.07) is 1.71. The third-order valence-electron chi connectivity index (χ3n) is 3.90. The molecule has 2 heterocycles. The summed E-state index contributed by atoms with van der Waals surface area (Å²) in [5, 5.41) is 3.16. The minimum absolute atomic E-state index is 0.0531. The quantitative estimate of drug-likeness (QED) is 0.828. The van der Waals surface area contributed by atoms with Gasteiger partial charge in [-0.3, -0.25) is 9.59 Å². The van der Waals surface area contributed by atoms with Crippen LogP contribution in [-0.2, 0) is 4.79 Å². The Morgan fingerprint density at radius 3 is 2.43 bits per heavy atom. The lowest BCUT2D eigenvalue weighted by Crippen LogP contribution is -2.50. The second-order valence-corrected chi connectivity index (χ2v) is 5.80. The van der Waals surface area contributed by atoms with Gasteiger partial charge in [0.15, 0.2) is 0 Å². The summed E-state index contributed by atoms with van der Waals surface area (Å²) in [5.74, 6) is 0.457. The lowest BCUT2D eigenvalue weighted by atomic mass is 10.2. The number of carbonyl (C=O) groups excluding carboxylic acids is 2. The molecule has 0 saturated carbocycles. The van der Waals surface area contributed by atoms with Crippen molar-refractivity contribution in [3.63, 3.8) is 0 Å². The first-order valence-electron chi connectivity index (χ1n) is 8.15. The number of nitrogens with one attached hydrogen (secondary N) is 1. The van der Waals surface area contributed by atoms with E-state index >= 15 is 0 Å². The minimum atomic E-state index is -0.0998. The molecule has 0 spiro atoms. The molecule has 0 unspecified atom stereocenters. The van der Waals surface area contributed by atoms with Crippen LogP contribution in [0.5, 0.6) is 0 Å². The summed E-state index contributed by atoms with van der Waals surface area (Å²) in [7, 11) is 0. The van der Waals surface area contributed by atoms with Crippen molar-refractivity contribution in [2.24, 2.45) is 0 Å². The van der Waals surface area contributed by atoms with Gasteiger partial charge in [0.1, 0.15) is 5.69 Å². The summed E-state index contributed by atoms with van der Waals surface area (Å²) >= 11 is 0. The third kappa shape index (κ3) is 4.64. The number of amides is 2. The Morgan fingerprint density at radius 1 is 1.17 bits per heavy atom. The maximum absolute atomic E-state index is 12.6. The molecule has 0 radical (unpaired) electrons. The number of unbranched alkanes of at least 4 members (excludes halogenated alkanes) is 1. The van der Waals surface area contributed by atoms with Gasteiger partial charge < -0.3 is 15.1 Å². The molecule has 2 amide bonds. The number of aryl methyl sites for hydroxylation is 1. The summed E-state index contributed by atoms with van der Waals surface area (Å²) in [6.07, 6.45) is 2.12. The third-order valence-corrected chi connectivity index (χ3v) is 3.90. The first kappa shape index (κ1) is 17.2. The number of hydrogen-bond donors (Lipinski definition) is 1. The first-order chi connectivity index (χ1) is 11.0. The van der Waals surface area contributed by atoms with Crippen molar-refractivity contribution in [3.05, 3.63) is 17.5 Å². The van der Waals surface area contributed by atoms with E-state index in [1.165, 1.54) is 0 Å². The zero-order valence-corrected chi connectivity index (χ0v) is 14.1. The van der Waals surface area contributed by atoms with Crippen LogP contribution < -0.4 is 5.32 Å².